The van der Waals surface area contributed by atoms with Crippen LogP contribution in [-0.4, -0.2) is 24.2 Å². The predicted octanol–water partition coefficient (Wildman–Crippen LogP) is 4.60. The molecule has 0 aliphatic heterocycles. The second-order valence-corrected chi connectivity index (χ2v) is 5.69. The lowest BCUT2D eigenvalue weighted by Gasteiger charge is -1.95. The largest absolute Gasteiger partial charge is 0.349 e. The lowest BCUT2D eigenvalue weighted by atomic mass is 10.2. The van der Waals surface area contributed by atoms with E-state index in [1.165, 1.54) is 11.6 Å². The number of carbonyl (C=O) groups excluding carboxylic acids is 2. The molecule has 0 aromatic heterocycles. The van der Waals surface area contributed by atoms with E-state index < -0.39 is 5.24 Å². The highest BCUT2D eigenvalue weighted by Gasteiger charge is 1.88. The normalized spacial score (nSPS) is 9.59. The summed E-state index contributed by atoms with van der Waals surface area (Å²) in [5.41, 5.74) is 7.62. The molecule has 3 N–H and O–H groups in total. The predicted molar refractivity (Wildman–Crippen MR) is 124 cm³/mol. The number of benzene rings is 2. The fourth-order valence-corrected chi connectivity index (χ4v) is 1.76. The van der Waals surface area contributed by atoms with Crippen LogP contribution in [0, 0.1) is 0 Å². The summed E-state index contributed by atoms with van der Waals surface area (Å²) >= 11 is 4.71. The molecule has 2 rings (SSSR count). The third-order valence-electron chi connectivity index (χ3n) is 3.10. The molecule has 0 aliphatic rings. The van der Waals surface area contributed by atoms with Crippen molar-refractivity contribution in [3.05, 3.63) is 109 Å². The molecule has 0 fully saturated rings. The van der Waals surface area contributed by atoms with Crippen molar-refractivity contribution in [3.8, 4) is 0 Å². The third kappa shape index (κ3) is 16.7. The highest BCUT2D eigenvalue weighted by molar-refractivity contribution is 6.66. The maximum atomic E-state index is 10.8. The summed E-state index contributed by atoms with van der Waals surface area (Å²) in [5, 5.41) is 2.15. The number of nitrogens with one attached hydrogen (secondary N) is 1. The molecule has 2 aromatic rings. The van der Waals surface area contributed by atoms with E-state index in [2.05, 4.69) is 18.5 Å². The number of hydrogen-bond acceptors (Lipinski definition) is 3. The first-order valence-corrected chi connectivity index (χ1v) is 9.26. The van der Waals surface area contributed by atoms with Crippen LogP contribution in [0.2, 0.25) is 0 Å². The molecular weight excluding hydrogens is 384 g/mol. The van der Waals surface area contributed by atoms with Gasteiger partial charge in [0, 0.05) is 13.1 Å². The fraction of sp³-hybridized carbons (Fsp3) is 0.0833. The Hall–Kier alpha value is -3.21. The van der Waals surface area contributed by atoms with Crippen LogP contribution in [0.4, 0.5) is 0 Å². The highest BCUT2D eigenvalue weighted by atomic mass is 35.5. The first kappa shape index (κ1) is 25.8. The van der Waals surface area contributed by atoms with Crippen molar-refractivity contribution in [2.45, 2.75) is 0 Å². The van der Waals surface area contributed by atoms with Crippen LogP contribution in [0.1, 0.15) is 11.1 Å². The molecule has 0 heterocycles. The molecule has 1 amide bonds. The highest BCUT2D eigenvalue weighted by Crippen LogP contribution is 2.00. The Morgan fingerprint density at radius 3 is 1.69 bits per heavy atom. The molecule has 0 atom stereocenters. The van der Waals surface area contributed by atoms with Crippen LogP contribution in [0.15, 0.2) is 98.1 Å². The molecule has 0 saturated heterocycles. The van der Waals surface area contributed by atoms with E-state index >= 15 is 0 Å². The van der Waals surface area contributed by atoms with Gasteiger partial charge in [-0.2, -0.15) is 0 Å². The summed E-state index contributed by atoms with van der Waals surface area (Å²) in [6.07, 6.45) is 10.1. The number of amides is 1. The molecule has 152 valence electrons. The van der Waals surface area contributed by atoms with E-state index in [0.717, 1.165) is 11.6 Å². The Morgan fingerprint density at radius 2 is 1.31 bits per heavy atom. The number of halogens is 1. The minimum absolute atomic E-state index is 0.150. The van der Waals surface area contributed by atoms with Crippen LogP contribution < -0.4 is 11.1 Å². The summed E-state index contributed by atoms with van der Waals surface area (Å²) in [7, 11) is 0. The zero-order valence-electron chi connectivity index (χ0n) is 16.3. The number of allylic oxidation sites excluding steroid dienone is 1. The maximum Gasteiger partial charge on any atom is 0.244 e. The second kappa shape index (κ2) is 18.2. The first-order valence-electron chi connectivity index (χ1n) is 8.88. The third-order valence-corrected chi connectivity index (χ3v) is 3.25. The topological polar surface area (TPSA) is 72.2 Å². The van der Waals surface area contributed by atoms with E-state index in [9.17, 15) is 9.59 Å². The van der Waals surface area contributed by atoms with Gasteiger partial charge in [0.1, 0.15) is 0 Å². The minimum atomic E-state index is -0.509. The van der Waals surface area contributed by atoms with Crippen LogP contribution in [0.3, 0.4) is 0 Å². The van der Waals surface area contributed by atoms with E-state index in [1.807, 2.05) is 85.0 Å². The van der Waals surface area contributed by atoms with Crippen molar-refractivity contribution in [2.75, 3.05) is 13.1 Å². The van der Waals surface area contributed by atoms with Crippen molar-refractivity contribution in [2.24, 2.45) is 5.73 Å². The molecule has 0 unspecified atom stereocenters. The van der Waals surface area contributed by atoms with Gasteiger partial charge >= 0.3 is 0 Å². The molecule has 0 radical (unpaired) electrons. The van der Waals surface area contributed by atoms with Gasteiger partial charge in [-0.3, -0.25) is 9.59 Å². The van der Waals surface area contributed by atoms with Gasteiger partial charge in [0.25, 0.3) is 0 Å². The molecular formula is C24H27ClN2O2. The van der Waals surface area contributed by atoms with Crippen LogP contribution in [0.25, 0.3) is 12.2 Å². The first-order chi connectivity index (χ1) is 14.0. The van der Waals surface area contributed by atoms with Gasteiger partial charge in [0.05, 0.1) is 0 Å². The van der Waals surface area contributed by atoms with Gasteiger partial charge in [-0.05, 0) is 34.9 Å². The average Bonchev–Trinajstić information content (AvgIpc) is 2.77. The summed E-state index contributed by atoms with van der Waals surface area (Å²) < 4.78 is 0. The second-order valence-electron chi connectivity index (χ2n) is 5.32. The van der Waals surface area contributed by atoms with E-state index in [-0.39, 0.29) is 5.91 Å². The van der Waals surface area contributed by atoms with Crippen LogP contribution in [-0.2, 0) is 9.59 Å². The Labute approximate surface area is 178 Å². The quantitative estimate of drug-likeness (QED) is 0.517. The number of carbonyl (C=O) groups is 2. The molecule has 0 saturated carbocycles. The zero-order valence-corrected chi connectivity index (χ0v) is 17.1. The van der Waals surface area contributed by atoms with Gasteiger partial charge in [-0.25, -0.2) is 0 Å². The summed E-state index contributed by atoms with van der Waals surface area (Å²) in [5.74, 6) is -0.150. The van der Waals surface area contributed by atoms with Gasteiger partial charge in [-0.15, -0.1) is 0 Å². The number of nitrogens with two attached hydrogens (primary N) is 1. The van der Waals surface area contributed by atoms with E-state index in [1.54, 1.807) is 0 Å². The van der Waals surface area contributed by atoms with Crippen molar-refractivity contribution in [1.82, 2.24) is 5.32 Å². The van der Waals surface area contributed by atoms with E-state index in [4.69, 9.17) is 17.3 Å². The lowest BCUT2D eigenvalue weighted by molar-refractivity contribution is -0.116. The fourth-order valence-electron chi connectivity index (χ4n) is 1.76. The SMILES string of the molecule is C=CC(=O)Cl.C=CC(=O)NC/C=C/c1ccccc1.NC/C=C/c1ccccc1. The Morgan fingerprint density at radius 1 is 0.862 bits per heavy atom. The Kier molecular flexibility index (Phi) is 16.2. The molecule has 0 bridgehead atoms. The summed E-state index contributed by atoms with van der Waals surface area (Å²) in [4.78, 5) is 20.2. The summed E-state index contributed by atoms with van der Waals surface area (Å²) in [6, 6.07) is 20.0. The van der Waals surface area contributed by atoms with Crippen LogP contribution in [0.5, 0.6) is 0 Å². The van der Waals surface area contributed by atoms with Crippen molar-refractivity contribution in [1.29, 1.82) is 0 Å². The Balaban J connectivity index is 0.000000455. The summed E-state index contributed by atoms with van der Waals surface area (Å²) in [6.45, 7) is 7.57. The minimum Gasteiger partial charge on any atom is -0.349 e. The molecule has 5 heteroatoms. The molecule has 0 aliphatic carbocycles. The standard InChI is InChI=1S/C12H13NO.C9H11N.C3H3ClO/c1-2-12(14)13-10-6-9-11-7-4-3-5-8-11;10-8-4-7-9-5-2-1-3-6-9;1-2-3(4)5/h2-9H,1,10H2,(H,13,14);1-7H,8,10H2;2H,1H2/b9-6+;7-4+;. The van der Waals surface area contributed by atoms with E-state index in [0.29, 0.717) is 13.1 Å². The van der Waals surface area contributed by atoms with Crippen molar-refractivity contribution in [3.63, 3.8) is 0 Å². The van der Waals surface area contributed by atoms with Gasteiger partial charge < -0.3 is 11.1 Å². The van der Waals surface area contributed by atoms with Gasteiger partial charge in [0.2, 0.25) is 11.1 Å². The molecule has 2 aromatic carbocycles. The monoisotopic (exact) mass is 410 g/mol. The molecule has 4 nitrogen and oxygen atoms in total. The van der Waals surface area contributed by atoms with Crippen molar-refractivity contribution < 1.29 is 9.59 Å². The van der Waals surface area contributed by atoms with Gasteiger partial charge in [0.15, 0.2) is 0 Å². The lowest BCUT2D eigenvalue weighted by Crippen LogP contribution is -2.20. The zero-order chi connectivity index (χ0) is 21.7. The van der Waals surface area contributed by atoms with Crippen LogP contribution >= 0.6 is 11.6 Å². The average molecular weight is 411 g/mol. The van der Waals surface area contributed by atoms with Gasteiger partial charge in [-0.1, -0.05) is 98.1 Å². The Bertz CT molecular complexity index is 785. The maximum absolute atomic E-state index is 10.8. The molecule has 0 spiro atoms. The smallest absolute Gasteiger partial charge is 0.244 e. The molecule has 29 heavy (non-hydrogen) atoms. The number of hydrogen-bond donors (Lipinski definition) is 2. The number of rotatable bonds is 7. The van der Waals surface area contributed by atoms with Crippen molar-refractivity contribution >= 4 is 34.9 Å².